The fourth-order valence-electron chi connectivity index (χ4n) is 1.90. The summed E-state index contributed by atoms with van der Waals surface area (Å²) in [6, 6.07) is 1.75. The van der Waals surface area contributed by atoms with E-state index in [4.69, 9.17) is 5.26 Å². The molecule has 0 aromatic heterocycles. The van der Waals surface area contributed by atoms with Gasteiger partial charge in [-0.3, -0.25) is 0 Å². The number of hydrogen-bond acceptors (Lipinski definition) is 4. The van der Waals surface area contributed by atoms with Gasteiger partial charge in [0.05, 0.1) is 6.07 Å². The molecule has 1 rings (SSSR count). The minimum atomic E-state index is -3.47. The maximum Gasteiger partial charge on any atom is 0.227 e. The first-order chi connectivity index (χ1) is 7.46. The van der Waals surface area contributed by atoms with Crippen LogP contribution in [0.2, 0.25) is 0 Å². The van der Waals surface area contributed by atoms with E-state index in [9.17, 15) is 8.42 Å². The second-order valence-corrected chi connectivity index (χ2v) is 7.59. The summed E-state index contributed by atoms with van der Waals surface area (Å²) in [5, 5.41) is 7.63. The first-order valence-electron chi connectivity index (χ1n) is 5.39. The molecule has 0 spiro atoms. The second-order valence-electron chi connectivity index (χ2n) is 4.23. The molecule has 1 saturated carbocycles. The lowest BCUT2D eigenvalue weighted by Crippen LogP contribution is -2.41. The number of thioether (sulfide) groups is 1. The fourth-order valence-corrected chi connectivity index (χ4v) is 3.77. The number of hydrogen-bond donors (Lipinski definition) is 1. The Kier molecular flexibility index (Phi) is 4.65. The molecule has 0 saturated heterocycles. The molecular formula is C10H18N2O2S2. The highest BCUT2D eigenvalue weighted by molar-refractivity contribution is 8.00. The molecule has 0 heterocycles. The third-order valence-electron chi connectivity index (χ3n) is 3.19. The molecule has 1 N–H and O–H groups in total. The van der Waals surface area contributed by atoms with Crippen LogP contribution >= 0.6 is 11.8 Å². The molecule has 4 nitrogen and oxygen atoms in total. The van der Waals surface area contributed by atoms with Crippen LogP contribution in [0.4, 0.5) is 0 Å². The molecular weight excluding hydrogens is 244 g/mol. The van der Waals surface area contributed by atoms with Gasteiger partial charge in [-0.2, -0.15) is 17.0 Å². The highest BCUT2D eigenvalue weighted by Gasteiger charge is 2.34. The molecule has 0 aliphatic heterocycles. The third kappa shape index (κ3) is 3.12. The van der Waals surface area contributed by atoms with E-state index in [1.165, 1.54) is 6.92 Å². The zero-order chi connectivity index (χ0) is 12.2. The Bertz CT molecular complexity index is 367. The molecule has 1 fully saturated rings. The monoisotopic (exact) mass is 262 g/mol. The molecule has 1 atom stereocenters. The van der Waals surface area contributed by atoms with Crippen molar-refractivity contribution in [1.82, 2.24) is 4.72 Å². The van der Waals surface area contributed by atoms with Crippen LogP contribution in [0.25, 0.3) is 0 Å². The summed E-state index contributed by atoms with van der Waals surface area (Å²) in [5.41, 5.74) is 0. The zero-order valence-corrected chi connectivity index (χ0v) is 11.3. The highest BCUT2D eigenvalue weighted by atomic mass is 32.2. The van der Waals surface area contributed by atoms with Gasteiger partial charge in [-0.05, 0) is 26.0 Å². The first-order valence-corrected chi connectivity index (χ1v) is 8.16. The number of nitriles is 1. The zero-order valence-electron chi connectivity index (χ0n) is 9.69. The Morgan fingerprint density at radius 1 is 1.50 bits per heavy atom. The van der Waals surface area contributed by atoms with Crippen LogP contribution < -0.4 is 4.72 Å². The van der Waals surface area contributed by atoms with Gasteiger partial charge in [0.2, 0.25) is 10.0 Å². The average Bonchev–Trinajstić information content (AvgIpc) is 2.75. The van der Waals surface area contributed by atoms with Crippen LogP contribution in [0.1, 0.15) is 32.6 Å². The van der Waals surface area contributed by atoms with Gasteiger partial charge in [-0.15, -0.1) is 0 Å². The summed E-state index contributed by atoms with van der Waals surface area (Å²) in [6.45, 7) is 1.85. The Morgan fingerprint density at radius 2 is 2.06 bits per heavy atom. The van der Waals surface area contributed by atoms with E-state index >= 15 is 0 Å². The van der Waals surface area contributed by atoms with Crippen molar-refractivity contribution in [3.63, 3.8) is 0 Å². The van der Waals surface area contributed by atoms with E-state index < -0.39 is 15.3 Å². The minimum Gasteiger partial charge on any atom is -0.213 e. The van der Waals surface area contributed by atoms with Gasteiger partial charge in [0.1, 0.15) is 0 Å². The van der Waals surface area contributed by atoms with Gasteiger partial charge >= 0.3 is 0 Å². The van der Waals surface area contributed by atoms with E-state index in [0.717, 1.165) is 25.7 Å². The summed E-state index contributed by atoms with van der Waals surface area (Å²) in [6.07, 6.45) is 6.45. The summed E-state index contributed by atoms with van der Waals surface area (Å²) < 4.78 is 25.9. The predicted octanol–water partition coefficient (Wildman–Crippen LogP) is 1.49. The van der Waals surface area contributed by atoms with E-state index in [1.54, 1.807) is 17.8 Å². The van der Waals surface area contributed by atoms with Crippen molar-refractivity contribution in [2.75, 3.05) is 12.8 Å². The van der Waals surface area contributed by atoms with Crippen molar-refractivity contribution in [3.05, 3.63) is 0 Å². The molecule has 0 radical (unpaired) electrons. The average molecular weight is 262 g/mol. The maximum absolute atomic E-state index is 11.6. The van der Waals surface area contributed by atoms with Gasteiger partial charge < -0.3 is 0 Å². The lowest BCUT2D eigenvalue weighted by Gasteiger charge is -2.27. The molecule has 0 amide bonds. The lowest BCUT2D eigenvalue weighted by molar-refractivity contribution is 0.548. The topological polar surface area (TPSA) is 70.0 Å². The Hall–Kier alpha value is -0.250. The molecule has 0 aromatic rings. The number of nitrogens with zero attached hydrogens (tertiary/aromatic N) is 1. The van der Waals surface area contributed by atoms with Crippen molar-refractivity contribution in [1.29, 1.82) is 5.26 Å². The van der Waals surface area contributed by atoms with Gasteiger partial charge in [0, 0.05) is 11.3 Å². The van der Waals surface area contributed by atoms with E-state index in [2.05, 4.69) is 4.72 Å². The van der Waals surface area contributed by atoms with E-state index in [-0.39, 0.29) is 4.75 Å². The molecule has 1 unspecified atom stereocenters. The van der Waals surface area contributed by atoms with Gasteiger partial charge in [-0.1, -0.05) is 12.8 Å². The molecule has 1 aliphatic carbocycles. The standard InChI is InChI=1S/C10H18N2O2S2/c1-9(7-11)16(13,14)12-8-10(15-2)5-3-4-6-10/h9,12H,3-6,8H2,1-2H3. The SMILES string of the molecule is CSC1(CNS(=O)(=O)C(C)C#N)CCCC1. The van der Waals surface area contributed by atoms with Crippen LogP contribution in [-0.2, 0) is 10.0 Å². The van der Waals surface area contributed by atoms with Crippen LogP contribution in [-0.4, -0.2) is 31.2 Å². The van der Waals surface area contributed by atoms with Crippen LogP contribution in [0.15, 0.2) is 0 Å². The Balaban J connectivity index is 2.60. The molecule has 1 aliphatic rings. The second kappa shape index (κ2) is 5.39. The van der Waals surface area contributed by atoms with Crippen molar-refractivity contribution in [2.45, 2.75) is 42.6 Å². The predicted molar refractivity (Wildman–Crippen MR) is 66.7 cm³/mol. The molecule has 6 heteroatoms. The van der Waals surface area contributed by atoms with Crippen molar-refractivity contribution >= 4 is 21.8 Å². The number of sulfonamides is 1. The Morgan fingerprint density at radius 3 is 2.50 bits per heavy atom. The number of rotatable bonds is 5. The Labute approximate surface area is 102 Å². The lowest BCUT2D eigenvalue weighted by atomic mass is 10.1. The largest absolute Gasteiger partial charge is 0.227 e. The van der Waals surface area contributed by atoms with Crippen LogP contribution in [0.3, 0.4) is 0 Å². The van der Waals surface area contributed by atoms with Crippen LogP contribution in [0.5, 0.6) is 0 Å². The molecule has 92 valence electrons. The normalized spacial score (nSPS) is 21.6. The molecule has 0 aromatic carbocycles. The van der Waals surface area contributed by atoms with Gasteiger partial charge in [-0.25, -0.2) is 13.1 Å². The van der Waals surface area contributed by atoms with Crippen molar-refractivity contribution in [2.24, 2.45) is 0 Å². The van der Waals surface area contributed by atoms with Crippen molar-refractivity contribution in [3.8, 4) is 6.07 Å². The third-order valence-corrected chi connectivity index (χ3v) is 6.19. The smallest absolute Gasteiger partial charge is 0.213 e. The van der Waals surface area contributed by atoms with E-state index in [1.807, 2.05) is 6.26 Å². The van der Waals surface area contributed by atoms with Crippen LogP contribution in [0, 0.1) is 11.3 Å². The van der Waals surface area contributed by atoms with Gasteiger partial charge in [0.25, 0.3) is 0 Å². The van der Waals surface area contributed by atoms with E-state index in [0.29, 0.717) is 6.54 Å². The quantitative estimate of drug-likeness (QED) is 0.815. The molecule has 0 bridgehead atoms. The summed E-state index contributed by atoms with van der Waals surface area (Å²) >= 11 is 1.73. The number of nitrogens with one attached hydrogen (secondary N) is 1. The summed E-state index contributed by atoms with van der Waals surface area (Å²) in [4.78, 5) is 0. The highest BCUT2D eigenvalue weighted by Crippen LogP contribution is 2.39. The first kappa shape index (κ1) is 13.8. The van der Waals surface area contributed by atoms with Gasteiger partial charge in [0.15, 0.2) is 5.25 Å². The summed E-state index contributed by atoms with van der Waals surface area (Å²) in [5.74, 6) is 0. The fraction of sp³-hybridized carbons (Fsp3) is 0.900. The maximum atomic E-state index is 11.6. The summed E-state index contributed by atoms with van der Waals surface area (Å²) in [7, 11) is -3.47. The minimum absolute atomic E-state index is 0.0439. The molecule has 16 heavy (non-hydrogen) atoms. The van der Waals surface area contributed by atoms with Crippen molar-refractivity contribution < 1.29 is 8.42 Å².